The van der Waals surface area contributed by atoms with E-state index in [9.17, 15) is 4.79 Å². The third-order valence-corrected chi connectivity index (χ3v) is 3.79. The monoisotopic (exact) mass is 294 g/mol. The molecule has 17 heavy (non-hydrogen) atoms. The van der Waals surface area contributed by atoms with Gasteiger partial charge in [-0.2, -0.15) is 0 Å². The van der Waals surface area contributed by atoms with E-state index in [1.165, 1.54) is 0 Å². The summed E-state index contributed by atoms with van der Waals surface area (Å²) < 4.78 is 1.02. The van der Waals surface area contributed by atoms with Crippen molar-refractivity contribution in [2.45, 2.75) is 25.8 Å². The van der Waals surface area contributed by atoms with Crippen LogP contribution in [0.1, 0.15) is 19.8 Å². The number of carbonyl (C=O) groups excluding carboxylic acids is 1. The second-order valence-corrected chi connectivity index (χ2v) is 5.85. The number of nitrogens with zero attached hydrogens (tertiary/aromatic N) is 1. The first kappa shape index (κ1) is 11.1. The second kappa shape index (κ2) is 4.02. The van der Waals surface area contributed by atoms with Crippen LogP contribution in [0.25, 0.3) is 0 Å². The van der Waals surface area contributed by atoms with E-state index in [0.29, 0.717) is 6.04 Å². The summed E-state index contributed by atoms with van der Waals surface area (Å²) in [6.07, 6.45) is 2.11. The lowest BCUT2D eigenvalue weighted by Crippen LogP contribution is -2.44. The molecule has 1 fully saturated rings. The van der Waals surface area contributed by atoms with Crippen LogP contribution >= 0.6 is 15.9 Å². The molecule has 4 heteroatoms. The Morgan fingerprint density at radius 1 is 1.47 bits per heavy atom. The predicted octanol–water partition coefficient (Wildman–Crippen LogP) is 3.01. The van der Waals surface area contributed by atoms with E-state index in [1.54, 1.807) is 0 Å². The van der Waals surface area contributed by atoms with E-state index in [0.717, 1.165) is 35.2 Å². The summed E-state index contributed by atoms with van der Waals surface area (Å²) in [5.41, 5.74) is 2.07. The SMILES string of the molecule is CC1CN(C(=O)C2CC2)c2cc(Br)ccc2N1. The van der Waals surface area contributed by atoms with Gasteiger partial charge in [0.05, 0.1) is 11.4 Å². The molecule has 1 aromatic rings. The number of amides is 1. The highest BCUT2D eigenvalue weighted by atomic mass is 79.9. The molecule has 1 aromatic carbocycles. The topological polar surface area (TPSA) is 32.3 Å². The minimum Gasteiger partial charge on any atom is -0.379 e. The maximum Gasteiger partial charge on any atom is 0.230 e. The van der Waals surface area contributed by atoms with Crippen molar-refractivity contribution >= 4 is 33.2 Å². The molecule has 2 aliphatic rings. The van der Waals surface area contributed by atoms with Crippen molar-refractivity contribution in [1.29, 1.82) is 0 Å². The van der Waals surface area contributed by atoms with E-state index < -0.39 is 0 Å². The Morgan fingerprint density at radius 3 is 2.94 bits per heavy atom. The van der Waals surface area contributed by atoms with Gasteiger partial charge >= 0.3 is 0 Å². The van der Waals surface area contributed by atoms with Gasteiger partial charge in [-0.1, -0.05) is 15.9 Å². The van der Waals surface area contributed by atoms with Crippen LogP contribution in [0.3, 0.4) is 0 Å². The summed E-state index contributed by atoms with van der Waals surface area (Å²) >= 11 is 3.47. The van der Waals surface area contributed by atoms with Crippen molar-refractivity contribution in [1.82, 2.24) is 0 Å². The van der Waals surface area contributed by atoms with Gasteiger partial charge in [-0.25, -0.2) is 0 Å². The van der Waals surface area contributed by atoms with Crippen LogP contribution in [0.15, 0.2) is 22.7 Å². The lowest BCUT2D eigenvalue weighted by atomic mass is 10.1. The zero-order valence-corrected chi connectivity index (χ0v) is 11.3. The Hall–Kier alpha value is -1.03. The van der Waals surface area contributed by atoms with Gasteiger partial charge in [0.25, 0.3) is 0 Å². The van der Waals surface area contributed by atoms with Gasteiger partial charge in [0.1, 0.15) is 0 Å². The van der Waals surface area contributed by atoms with Crippen LogP contribution < -0.4 is 10.2 Å². The Bertz CT molecular complexity index is 470. The quantitative estimate of drug-likeness (QED) is 0.864. The summed E-state index contributed by atoms with van der Waals surface area (Å²) in [6, 6.07) is 6.37. The van der Waals surface area contributed by atoms with E-state index in [4.69, 9.17) is 0 Å². The highest BCUT2D eigenvalue weighted by Crippen LogP contribution is 2.38. The number of hydrogen-bond donors (Lipinski definition) is 1. The number of benzene rings is 1. The first-order valence-corrected chi connectivity index (χ1v) is 6.82. The van der Waals surface area contributed by atoms with Gasteiger partial charge in [0.2, 0.25) is 5.91 Å². The number of nitrogens with one attached hydrogen (secondary N) is 1. The minimum absolute atomic E-state index is 0.270. The van der Waals surface area contributed by atoms with Gasteiger partial charge in [0.15, 0.2) is 0 Å². The van der Waals surface area contributed by atoms with E-state index in [2.05, 4.69) is 28.2 Å². The maximum atomic E-state index is 12.3. The molecule has 0 aromatic heterocycles. The molecule has 1 unspecified atom stereocenters. The second-order valence-electron chi connectivity index (χ2n) is 4.93. The molecule has 1 N–H and O–H groups in total. The summed E-state index contributed by atoms with van der Waals surface area (Å²) in [5.74, 6) is 0.560. The highest BCUT2D eigenvalue weighted by Gasteiger charge is 2.36. The molecule has 1 aliphatic heterocycles. The Balaban J connectivity index is 1.99. The average Bonchev–Trinajstić information content (AvgIpc) is 3.11. The molecule has 1 saturated carbocycles. The summed E-state index contributed by atoms with van der Waals surface area (Å²) in [4.78, 5) is 14.2. The van der Waals surface area contributed by atoms with Crippen LogP contribution in [0.2, 0.25) is 0 Å². The molecular weight excluding hydrogens is 280 g/mol. The first-order chi connectivity index (χ1) is 8.15. The van der Waals surface area contributed by atoms with Crippen molar-refractivity contribution in [2.24, 2.45) is 5.92 Å². The summed E-state index contributed by atoms with van der Waals surface area (Å²) in [7, 11) is 0. The van der Waals surface area contributed by atoms with Gasteiger partial charge in [-0.3, -0.25) is 4.79 Å². The van der Waals surface area contributed by atoms with Crippen LogP contribution in [0, 0.1) is 5.92 Å². The number of hydrogen-bond acceptors (Lipinski definition) is 2. The molecule has 0 radical (unpaired) electrons. The Kier molecular flexibility index (Phi) is 2.62. The molecule has 0 spiro atoms. The fourth-order valence-electron chi connectivity index (χ4n) is 2.29. The molecule has 1 amide bonds. The van der Waals surface area contributed by atoms with E-state index in [-0.39, 0.29) is 11.8 Å². The smallest absolute Gasteiger partial charge is 0.230 e. The fourth-order valence-corrected chi connectivity index (χ4v) is 2.64. The fraction of sp³-hybridized carbons (Fsp3) is 0.462. The van der Waals surface area contributed by atoms with Gasteiger partial charge < -0.3 is 10.2 Å². The predicted molar refractivity (Wildman–Crippen MR) is 72.3 cm³/mol. The lowest BCUT2D eigenvalue weighted by Gasteiger charge is -2.34. The molecular formula is C13H15BrN2O. The molecule has 3 nitrogen and oxygen atoms in total. The molecule has 1 heterocycles. The van der Waals surface area contributed by atoms with Crippen molar-refractivity contribution in [3.05, 3.63) is 22.7 Å². The van der Waals surface area contributed by atoms with Crippen molar-refractivity contribution in [2.75, 3.05) is 16.8 Å². The number of anilines is 2. The van der Waals surface area contributed by atoms with Gasteiger partial charge in [-0.05, 0) is 38.0 Å². The largest absolute Gasteiger partial charge is 0.379 e. The average molecular weight is 295 g/mol. The van der Waals surface area contributed by atoms with Gasteiger partial charge in [0, 0.05) is 23.0 Å². The third kappa shape index (κ3) is 2.06. The van der Waals surface area contributed by atoms with E-state index in [1.807, 2.05) is 23.1 Å². The zero-order chi connectivity index (χ0) is 12.0. The molecule has 90 valence electrons. The first-order valence-electron chi connectivity index (χ1n) is 6.02. The van der Waals surface area contributed by atoms with Crippen molar-refractivity contribution in [3.8, 4) is 0 Å². The Labute approximate surface area is 109 Å². The molecule has 1 atom stereocenters. The van der Waals surface area contributed by atoms with Crippen LogP contribution in [-0.4, -0.2) is 18.5 Å². The van der Waals surface area contributed by atoms with Crippen LogP contribution in [0.4, 0.5) is 11.4 Å². The standard InChI is InChI=1S/C13H15BrN2O/c1-8-7-16(13(17)9-2-3-9)12-6-10(14)4-5-11(12)15-8/h4-6,8-9,15H,2-3,7H2,1H3. The number of carbonyl (C=O) groups is 1. The van der Waals surface area contributed by atoms with Gasteiger partial charge in [-0.15, -0.1) is 0 Å². The normalized spacial score (nSPS) is 22.9. The van der Waals surface area contributed by atoms with Crippen molar-refractivity contribution < 1.29 is 4.79 Å². The maximum absolute atomic E-state index is 12.3. The zero-order valence-electron chi connectivity index (χ0n) is 9.74. The lowest BCUT2D eigenvalue weighted by molar-refractivity contribution is -0.119. The summed E-state index contributed by atoms with van der Waals surface area (Å²) in [6.45, 7) is 2.87. The third-order valence-electron chi connectivity index (χ3n) is 3.30. The Morgan fingerprint density at radius 2 is 2.24 bits per heavy atom. The highest BCUT2D eigenvalue weighted by molar-refractivity contribution is 9.10. The van der Waals surface area contributed by atoms with Crippen LogP contribution in [0.5, 0.6) is 0 Å². The molecule has 1 aliphatic carbocycles. The summed E-state index contributed by atoms with van der Waals surface area (Å²) in [5, 5.41) is 3.42. The molecule has 3 rings (SSSR count). The minimum atomic E-state index is 0.270. The molecule has 0 bridgehead atoms. The van der Waals surface area contributed by atoms with E-state index >= 15 is 0 Å². The van der Waals surface area contributed by atoms with Crippen LogP contribution in [-0.2, 0) is 4.79 Å². The number of fused-ring (bicyclic) bond motifs is 1. The number of rotatable bonds is 1. The molecule has 0 saturated heterocycles. The number of halogens is 1. The van der Waals surface area contributed by atoms with Crippen molar-refractivity contribution in [3.63, 3.8) is 0 Å².